The predicted molar refractivity (Wildman–Crippen MR) is 68.9 cm³/mol. The molecule has 1 aromatic rings. The highest BCUT2D eigenvalue weighted by molar-refractivity contribution is 7.10. The predicted octanol–water partition coefficient (Wildman–Crippen LogP) is 3.21. The third-order valence-corrected chi connectivity index (χ3v) is 4.44. The molecule has 3 heteroatoms. The molecule has 0 aromatic carbocycles. The number of hydrogen-bond donors (Lipinski definition) is 1. The minimum atomic E-state index is 0.424. The summed E-state index contributed by atoms with van der Waals surface area (Å²) in [5.74, 6) is 0.689. The van der Waals surface area contributed by atoms with Crippen LogP contribution < -0.4 is 5.32 Å². The topological polar surface area (TPSA) is 21.3 Å². The molecule has 1 aromatic heterocycles. The Bertz CT molecular complexity index is 299. The number of nitrogens with one attached hydrogen (secondary N) is 1. The molecule has 2 heterocycles. The van der Waals surface area contributed by atoms with E-state index in [-0.39, 0.29) is 0 Å². The quantitative estimate of drug-likeness (QED) is 0.852. The Hall–Kier alpha value is -0.380. The van der Waals surface area contributed by atoms with Gasteiger partial charge in [-0.1, -0.05) is 13.0 Å². The van der Waals surface area contributed by atoms with Crippen molar-refractivity contribution in [3.63, 3.8) is 0 Å². The first-order valence-electron chi connectivity index (χ1n) is 6.19. The molecule has 3 unspecified atom stereocenters. The molecule has 2 rings (SSSR count). The zero-order chi connectivity index (χ0) is 11.4. The lowest BCUT2D eigenvalue weighted by molar-refractivity contribution is 0.105. The van der Waals surface area contributed by atoms with E-state index in [4.69, 9.17) is 4.74 Å². The Morgan fingerprint density at radius 1 is 1.62 bits per heavy atom. The molecule has 0 saturated carbocycles. The van der Waals surface area contributed by atoms with Crippen LogP contribution in [0.25, 0.3) is 0 Å². The Balaban J connectivity index is 1.83. The first kappa shape index (κ1) is 12.1. The summed E-state index contributed by atoms with van der Waals surface area (Å²) in [6.45, 7) is 6.44. The van der Waals surface area contributed by atoms with Gasteiger partial charge in [0.2, 0.25) is 0 Å². The molecule has 0 spiro atoms. The number of ether oxygens (including phenoxy) is 1. The standard InChI is InChI=1S/C13H21NOS/c1-3-12(13-5-4-8-16-13)14-9-11-6-7-15-10(11)2/h4-5,8,10-12,14H,3,6-7,9H2,1-2H3. The molecule has 1 fully saturated rings. The van der Waals surface area contributed by atoms with E-state index in [0.29, 0.717) is 18.1 Å². The summed E-state index contributed by atoms with van der Waals surface area (Å²) in [5, 5.41) is 5.83. The molecule has 16 heavy (non-hydrogen) atoms. The molecule has 3 atom stereocenters. The molecule has 2 nitrogen and oxygen atoms in total. The van der Waals surface area contributed by atoms with Gasteiger partial charge in [0, 0.05) is 24.1 Å². The largest absolute Gasteiger partial charge is 0.378 e. The Morgan fingerprint density at radius 2 is 2.50 bits per heavy atom. The van der Waals surface area contributed by atoms with Gasteiger partial charge in [0.05, 0.1) is 6.10 Å². The molecule has 1 aliphatic rings. The van der Waals surface area contributed by atoms with E-state index in [2.05, 4.69) is 36.7 Å². The summed E-state index contributed by atoms with van der Waals surface area (Å²) in [6, 6.07) is 4.87. The van der Waals surface area contributed by atoms with Crippen molar-refractivity contribution >= 4 is 11.3 Å². The maximum Gasteiger partial charge on any atom is 0.0588 e. The third-order valence-electron chi connectivity index (χ3n) is 3.45. The average Bonchev–Trinajstić information content (AvgIpc) is 2.92. The summed E-state index contributed by atoms with van der Waals surface area (Å²) in [5.41, 5.74) is 0. The van der Waals surface area contributed by atoms with E-state index >= 15 is 0 Å². The van der Waals surface area contributed by atoms with E-state index in [9.17, 15) is 0 Å². The SMILES string of the molecule is CCC(NCC1CCOC1C)c1cccs1. The van der Waals surface area contributed by atoms with Crippen molar-refractivity contribution < 1.29 is 4.74 Å². The number of rotatable bonds is 5. The summed E-state index contributed by atoms with van der Waals surface area (Å²) in [6.07, 6.45) is 2.78. The zero-order valence-corrected chi connectivity index (χ0v) is 10.9. The van der Waals surface area contributed by atoms with Crippen LogP contribution in [-0.4, -0.2) is 19.3 Å². The summed E-state index contributed by atoms with van der Waals surface area (Å²) >= 11 is 1.85. The van der Waals surface area contributed by atoms with Crippen LogP contribution in [0, 0.1) is 5.92 Å². The normalized spacial score (nSPS) is 27.1. The first-order valence-corrected chi connectivity index (χ1v) is 7.07. The molecule has 0 bridgehead atoms. The fraction of sp³-hybridized carbons (Fsp3) is 0.692. The van der Waals surface area contributed by atoms with Gasteiger partial charge in [0.1, 0.15) is 0 Å². The lowest BCUT2D eigenvalue weighted by atomic mass is 10.0. The molecule has 1 saturated heterocycles. The summed E-state index contributed by atoms with van der Waals surface area (Å²) in [4.78, 5) is 1.45. The average molecular weight is 239 g/mol. The van der Waals surface area contributed by atoms with Gasteiger partial charge in [0.25, 0.3) is 0 Å². The van der Waals surface area contributed by atoms with Crippen LogP contribution in [0.5, 0.6) is 0 Å². The minimum absolute atomic E-state index is 0.424. The fourth-order valence-electron chi connectivity index (χ4n) is 2.27. The number of hydrogen-bond acceptors (Lipinski definition) is 3. The van der Waals surface area contributed by atoms with Gasteiger partial charge in [-0.05, 0) is 37.1 Å². The fourth-order valence-corrected chi connectivity index (χ4v) is 3.16. The van der Waals surface area contributed by atoms with Crippen LogP contribution in [0.15, 0.2) is 17.5 Å². The second kappa shape index (κ2) is 5.80. The second-order valence-electron chi connectivity index (χ2n) is 4.51. The molecule has 0 aliphatic carbocycles. The van der Waals surface area contributed by atoms with Gasteiger partial charge in [-0.2, -0.15) is 0 Å². The maximum atomic E-state index is 5.58. The van der Waals surface area contributed by atoms with Crippen molar-refractivity contribution in [2.24, 2.45) is 5.92 Å². The molecular formula is C13H21NOS. The van der Waals surface area contributed by atoms with Gasteiger partial charge in [-0.25, -0.2) is 0 Å². The highest BCUT2D eigenvalue weighted by Crippen LogP contribution is 2.24. The van der Waals surface area contributed by atoms with Crippen molar-refractivity contribution in [1.82, 2.24) is 5.32 Å². The van der Waals surface area contributed by atoms with E-state index in [1.807, 2.05) is 11.3 Å². The van der Waals surface area contributed by atoms with Crippen molar-refractivity contribution in [1.29, 1.82) is 0 Å². The van der Waals surface area contributed by atoms with Gasteiger partial charge in [0.15, 0.2) is 0 Å². The van der Waals surface area contributed by atoms with E-state index in [1.54, 1.807) is 0 Å². The minimum Gasteiger partial charge on any atom is -0.378 e. The van der Waals surface area contributed by atoms with E-state index in [1.165, 1.54) is 11.3 Å². The summed E-state index contributed by atoms with van der Waals surface area (Å²) < 4.78 is 5.58. The van der Waals surface area contributed by atoms with Gasteiger partial charge >= 0.3 is 0 Å². The highest BCUT2D eigenvalue weighted by Gasteiger charge is 2.24. The van der Waals surface area contributed by atoms with Crippen molar-refractivity contribution in [3.8, 4) is 0 Å². The molecule has 0 amide bonds. The molecular weight excluding hydrogens is 218 g/mol. The lowest BCUT2D eigenvalue weighted by Crippen LogP contribution is -2.29. The van der Waals surface area contributed by atoms with Crippen molar-refractivity contribution in [2.45, 2.75) is 38.8 Å². The number of thiophene rings is 1. The highest BCUT2D eigenvalue weighted by atomic mass is 32.1. The Morgan fingerprint density at radius 3 is 3.06 bits per heavy atom. The van der Waals surface area contributed by atoms with Crippen molar-refractivity contribution in [2.75, 3.05) is 13.2 Å². The van der Waals surface area contributed by atoms with Crippen LogP contribution in [0.4, 0.5) is 0 Å². The second-order valence-corrected chi connectivity index (χ2v) is 5.49. The van der Waals surface area contributed by atoms with Crippen LogP contribution in [0.3, 0.4) is 0 Å². The Kier molecular flexibility index (Phi) is 4.38. The third kappa shape index (κ3) is 2.84. The first-order chi connectivity index (χ1) is 7.81. The molecule has 1 N–H and O–H groups in total. The van der Waals surface area contributed by atoms with Gasteiger partial charge < -0.3 is 10.1 Å². The van der Waals surface area contributed by atoms with Crippen LogP contribution in [-0.2, 0) is 4.74 Å². The monoisotopic (exact) mass is 239 g/mol. The van der Waals surface area contributed by atoms with E-state index < -0.39 is 0 Å². The zero-order valence-electron chi connectivity index (χ0n) is 10.1. The van der Waals surface area contributed by atoms with Crippen LogP contribution in [0.1, 0.15) is 37.6 Å². The molecule has 90 valence electrons. The smallest absolute Gasteiger partial charge is 0.0588 e. The van der Waals surface area contributed by atoms with Crippen LogP contribution >= 0.6 is 11.3 Å². The molecule has 0 radical (unpaired) electrons. The van der Waals surface area contributed by atoms with Crippen LogP contribution in [0.2, 0.25) is 0 Å². The van der Waals surface area contributed by atoms with Gasteiger partial charge in [-0.15, -0.1) is 11.3 Å². The maximum absolute atomic E-state index is 5.58. The Labute approximate surface area is 102 Å². The van der Waals surface area contributed by atoms with E-state index in [0.717, 1.165) is 19.6 Å². The summed E-state index contributed by atoms with van der Waals surface area (Å²) in [7, 11) is 0. The molecule has 1 aliphatic heterocycles. The van der Waals surface area contributed by atoms with Crippen molar-refractivity contribution in [3.05, 3.63) is 22.4 Å². The lowest BCUT2D eigenvalue weighted by Gasteiger charge is -2.20. The van der Waals surface area contributed by atoms with Gasteiger partial charge in [-0.3, -0.25) is 0 Å².